The SMILES string of the molecule is CC1=CN(CCC(c2ccccc2)C2CCCCC2)C=CC1. The molecule has 2 aliphatic rings. The minimum absolute atomic E-state index is 0.727. The quantitative estimate of drug-likeness (QED) is 0.657. The zero-order valence-electron chi connectivity index (χ0n) is 13.9. The van der Waals surface area contributed by atoms with Crippen LogP contribution in [0.25, 0.3) is 0 Å². The van der Waals surface area contributed by atoms with Crippen LogP contribution in [-0.2, 0) is 0 Å². The van der Waals surface area contributed by atoms with Gasteiger partial charge in [0.05, 0.1) is 0 Å². The summed E-state index contributed by atoms with van der Waals surface area (Å²) in [6.45, 7) is 3.37. The lowest BCUT2D eigenvalue weighted by molar-refractivity contribution is 0.281. The van der Waals surface area contributed by atoms with E-state index in [2.05, 4.69) is 60.6 Å². The van der Waals surface area contributed by atoms with Crippen molar-refractivity contribution < 1.29 is 0 Å². The van der Waals surface area contributed by atoms with Crippen LogP contribution in [0, 0.1) is 5.92 Å². The van der Waals surface area contributed by atoms with Crippen LogP contribution in [0.15, 0.2) is 54.4 Å². The fourth-order valence-corrected chi connectivity index (χ4v) is 4.09. The highest BCUT2D eigenvalue weighted by atomic mass is 15.1. The Labute approximate surface area is 135 Å². The van der Waals surface area contributed by atoms with Crippen molar-refractivity contribution in [3.63, 3.8) is 0 Å². The summed E-state index contributed by atoms with van der Waals surface area (Å²) in [5, 5.41) is 0. The first kappa shape index (κ1) is 15.4. The van der Waals surface area contributed by atoms with E-state index in [0.717, 1.165) is 24.8 Å². The molecule has 1 fully saturated rings. The molecule has 1 aromatic rings. The molecule has 1 aliphatic heterocycles. The maximum Gasteiger partial charge on any atom is 0.0225 e. The van der Waals surface area contributed by atoms with Gasteiger partial charge in [-0.2, -0.15) is 0 Å². The van der Waals surface area contributed by atoms with Crippen LogP contribution in [0.2, 0.25) is 0 Å². The van der Waals surface area contributed by atoms with Gasteiger partial charge >= 0.3 is 0 Å². The minimum atomic E-state index is 0.727. The first-order valence-corrected chi connectivity index (χ1v) is 8.97. The van der Waals surface area contributed by atoms with E-state index in [9.17, 15) is 0 Å². The number of hydrogen-bond acceptors (Lipinski definition) is 1. The van der Waals surface area contributed by atoms with Crippen molar-refractivity contribution in [2.45, 2.75) is 57.8 Å². The third kappa shape index (κ3) is 4.03. The van der Waals surface area contributed by atoms with E-state index in [0.29, 0.717) is 0 Å². The molecule has 0 bridgehead atoms. The van der Waals surface area contributed by atoms with Crippen LogP contribution < -0.4 is 0 Å². The lowest BCUT2D eigenvalue weighted by atomic mass is 9.75. The van der Waals surface area contributed by atoms with Gasteiger partial charge in [-0.1, -0.05) is 61.2 Å². The molecule has 1 heteroatoms. The first-order valence-electron chi connectivity index (χ1n) is 8.97. The molecule has 0 saturated heterocycles. The van der Waals surface area contributed by atoms with Crippen LogP contribution in [-0.4, -0.2) is 11.4 Å². The number of allylic oxidation sites excluding steroid dienone is 2. The van der Waals surface area contributed by atoms with Crippen molar-refractivity contribution >= 4 is 0 Å². The summed E-state index contributed by atoms with van der Waals surface area (Å²) >= 11 is 0. The van der Waals surface area contributed by atoms with Crippen molar-refractivity contribution in [3.8, 4) is 0 Å². The molecule has 0 amide bonds. The zero-order chi connectivity index (χ0) is 15.2. The number of hydrogen-bond donors (Lipinski definition) is 0. The Morgan fingerprint density at radius 2 is 1.86 bits per heavy atom. The average Bonchev–Trinajstić information content (AvgIpc) is 2.57. The van der Waals surface area contributed by atoms with Gasteiger partial charge in [0.1, 0.15) is 0 Å². The molecule has 1 saturated carbocycles. The Bertz CT molecular complexity index is 508. The Morgan fingerprint density at radius 3 is 2.59 bits per heavy atom. The summed E-state index contributed by atoms with van der Waals surface area (Å²) in [7, 11) is 0. The van der Waals surface area contributed by atoms with Gasteiger partial charge in [0.15, 0.2) is 0 Å². The van der Waals surface area contributed by atoms with Gasteiger partial charge < -0.3 is 4.90 Å². The number of benzene rings is 1. The fraction of sp³-hybridized carbons (Fsp3) is 0.524. The Morgan fingerprint density at radius 1 is 1.09 bits per heavy atom. The zero-order valence-corrected chi connectivity index (χ0v) is 13.9. The molecule has 1 unspecified atom stereocenters. The summed E-state index contributed by atoms with van der Waals surface area (Å²) in [4.78, 5) is 2.39. The molecule has 1 atom stereocenters. The van der Waals surface area contributed by atoms with Crippen LogP contribution in [0.1, 0.15) is 63.4 Å². The third-order valence-electron chi connectivity index (χ3n) is 5.27. The maximum absolute atomic E-state index is 2.39. The topological polar surface area (TPSA) is 3.24 Å². The lowest BCUT2D eigenvalue weighted by Gasteiger charge is -2.32. The van der Waals surface area contributed by atoms with E-state index < -0.39 is 0 Å². The molecule has 0 spiro atoms. The Balaban J connectivity index is 1.68. The predicted molar refractivity (Wildman–Crippen MR) is 94.6 cm³/mol. The van der Waals surface area contributed by atoms with Crippen molar-refractivity contribution in [1.29, 1.82) is 0 Å². The van der Waals surface area contributed by atoms with Crippen LogP contribution in [0.5, 0.6) is 0 Å². The number of rotatable bonds is 5. The largest absolute Gasteiger partial charge is 0.355 e. The summed E-state index contributed by atoms with van der Waals surface area (Å²) in [5.74, 6) is 1.61. The van der Waals surface area contributed by atoms with E-state index in [4.69, 9.17) is 0 Å². The van der Waals surface area contributed by atoms with Gasteiger partial charge in [-0.15, -0.1) is 0 Å². The second-order valence-corrected chi connectivity index (χ2v) is 7.01. The van der Waals surface area contributed by atoms with Crippen molar-refractivity contribution in [2.75, 3.05) is 6.54 Å². The van der Waals surface area contributed by atoms with Crippen LogP contribution >= 0.6 is 0 Å². The highest BCUT2D eigenvalue weighted by Gasteiger charge is 2.25. The standard InChI is InChI=1S/C21H29N/c1-18-9-8-15-22(17-18)16-14-21(19-10-4-2-5-11-19)20-12-6-3-7-13-20/h2,4-5,8,10-11,15,17,20-21H,3,6-7,9,12-14,16H2,1H3. The normalized spacial score (nSPS) is 20.8. The van der Waals surface area contributed by atoms with E-state index in [1.165, 1.54) is 44.1 Å². The average molecular weight is 295 g/mol. The van der Waals surface area contributed by atoms with Crippen LogP contribution in [0.4, 0.5) is 0 Å². The molecule has 3 rings (SSSR count). The highest BCUT2D eigenvalue weighted by Crippen LogP contribution is 2.38. The molecule has 22 heavy (non-hydrogen) atoms. The first-order chi connectivity index (χ1) is 10.8. The molecular formula is C21H29N. The predicted octanol–water partition coefficient (Wildman–Crippen LogP) is 5.86. The second kappa shape index (κ2) is 7.67. The number of nitrogens with zero attached hydrogens (tertiary/aromatic N) is 1. The molecule has 0 N–H and O–H groups in total. The van der Waals surface area contributed by atoms with Gasteiger partial charge in [0.25, 0.3) is 0 Å². The molecule has 1 heterocycles. The monoisotopic (exact) mass is 295 g/mol. The molecule has 118 valence electrons. The fourth-order valence-electron chi connectivity index (χ4n) is 4.09. The molecule has 1 aromatic carbocycles. The lowest BCUT2D eigenvalue weighted by Crippen LogP contribution is -2.22. The Kier molecular flexibility index (Phi) is 5.37. The maximum atomic E-state index is 2.39. The van der Waals surface area contributed by atoms with Gasteiger partial charge in [-0.05, 0) is 56.2 Å². The molecule has 0 aromatic heterocycles. The highest BCUT2D eigenvalue weighted by molar-refractivity contribution is 5.21. The van der Waals surface area contributed by atoms with E-state index >= 15 is 0 Å². The van der Waals surface area contributed by atoms with Gasteiger partial charge in [0, 0.05) is 12.7 Å². The van der Waals surface area contributed by atoms with Crippen molar-refractivity contribution in [3.05, 3.63) is 59.9 Å². The Hall–Kier alpha value is -1.50. The summed E-state index contributed by atoms with van der Waals surface area (Å²) in [5.41, 5.74) is 3.02. The van der Waals surface area contributed by atoms with E-state index in [1.807, 2.05) is 0 Å². The third-order valence-corrected chi connectivity index (χ3v) is 5.27. The molecule has 1 aliphatic carbocycles. The summed E-state index contributed by atoms with van der Waals surface area (Å²) in [6, 6.07) is 11.2. The second-order valence-electron chi connectivity index (χ2n) is 7.01. The summed E-state index contributed by atoms with van der Waals surface area (Å²) in [6.07, 6.45) is 16.4. The van der Waals surface area contributed by atoms with E-state index in [-0.39, 0.29) is 0 Å². The van der Waals surface area contributed by atoms with Crippen molar-refractivity contribution in [2.24, 2.45) is 5.92 Å². The minimum Gasteiger partial charge on any atom is -0.355 e. The summed E-state index contributed by atoms with van der Waals surface area (Å²) < 4.78 is 0. The van der Waals surface area contributed by atoms with Crippen LogP contribution in [0.3, 0.4) is 0 Å². The molecular weight excluding hydrogens is 266 g/mol. The molecule has 0 radical (unpaired) electrons. The van der Waals surface area contributed by atoms with Gasteiger partial charge in [0.2, 0.25) is 0 Å². The van der Waals surface area contributed by atoms with Gasteiger partial charge in [-0.25, -0.2) is 0 Å². The van der Waals surface area contributed by atoms with E-state index in [1.54, 1.807) is 5.56 Å². The van der Waals surface area contributed by atoms with Gasteiger partial charge in [-0.3, -0.25) is 0 Å². The van der Waals surface area contributed by atoms with Crippen molar-refractivity contribution in [1.82, 2.24) is 4.90 Å². The molecule has 1 nitrogen and oxygen atoms in total. The smallest absolute Gasteiger partial charge is 0.0225 e.